The minimum atomic E-state index is -0.124. The largest absolute Gasteiger partial charge is 0.461 e. The van der Waals surface area contributed by atoms with Crippen LogP contribution in [-0.2, 0) is 11.3 Å². The zero-order valence-corrected chi connectivity index (χ0v) is 11.5. The molecule has 0 bridgehead atoms. The molecule has 0 aliphatic carbocycles. The number of carbonyl (C=O) groups is 2. The average molecular weight is 277 g/mol. The van der Waals surface area contributed by atoms with E-state index in [2.05, 4.69) is 5.32 Å². The molecule has 1 amide bonds. The Morgan fingerprint density at radius 3 is 2.84 bits per heavy atom. The molecule has 0 atom stereocenters. The van der Waals surface area contributed by atoms with Gasteiger partial charge in [-0.2, -0.15) is 0 Å². The second-order valence-electron chi connectivity index (χ2n) is 4.10. The van der Waals surface area contributed by atoms with Crippen molar-refractivity contribution in [1.29, 1.82) is 0 Å². The maximum atomic E-state index is 12.0. The van der Waals surface area contributed by atoms with Gasteiger partial charge in [0.25, 0.3) is 0 Å². The summed E-state index contributed by atoms with van der Waals surface area (Å²) in [6.45, 7) is 2.43. The first-order valence-corrected chi connectivity index (χ1v) is 6.96. The van der Waals surface area contributed by atoms with Crippen LogP contribution in [0.1, 0.15) is 40.1 Å². The van der Waals surface area contributed by atoms with Crippen molar-refractivity contribution in [3.63, 3.8) is 0 Å². The van der Waals surface area contributed by atoms with Gasteiger partial charge in [-0.3, -0.25) is 9.59 Å². The molecule has 2 rings (SSSR count). The molecule has 5 heteroatoms. The van der Waals surface area contributed by atoms with Crippen LogP contribution in [-0.4, -0.2) is 11.7 Å². The van der Waals surface area contributed by atoms with Crippen molar-refractivity contribution in [2.24, 2.45) is 0 Å². The molecule has 100 valence electrons. The van der Waals surface area contributed by atoms with Crippen LogP contribution in [0.15, 0.2) is 34.9 Å². The number of rotatable bonds is 6. The van der Waals surface area contributed by atoms with Gasteiger partial charge in [0.2, 0.25) is 11.7 Å². The van der Waals surface area contributed by atoms with E-state index in [1.54, 1.807) is 18.2 Å². The summed E-state index contributed by atoms with van der Waals surface area (Å²) < 4.78 is 5.08. The molecule has 4 nitrogen and oxygen atoms in total. The molecular formula is C14H15NO3S. The van der Waals surface area contributed by atoms with Gasteiger partial charge in [0.15, 0.2) is 5.76 Å². The van der Waals surface area contributed by atoms with Crippen LogP contribution in [0.3, 0.4) is 0 Å². The Morgan fingerprint density at radius 1 is 1.32 bits per heavy atom. The van der Waals surface area contributed by atoms with Crippen LogP contribution in [0.5, 0.6) is 0 Å². The molecule has 0 spiro atoms. The molecular weight excluding hydrogens is 262 g/mol. The summed E-state index contributed by atoms with van der Waals surface area (Å²) in [6.07, 6.45) is 2.84. The van der Waals surface area contributed by atoms with E-state index in [9.17, 15) is 9.59 Å². The van der Waals surface area contributed by atoms with Gasteiger partial charge in [-0.1, -0.05) is 6.92 Å². The van der Waals surface area contributed by atoms with Gasteiger partial charge in [0, 0.05) is 11.3 Å². The van der Waals surface area contributed by atoms with Crippen LogP contribution in [0.4, 0.5) is 0 Å². The smallest absolute Gasteiger partial charge is 0.238 e. The van der Waals surface area contributed by atoms with Crippen LogP contribution < -0.4 is 5.32 Å². The van der Waals surface area contributed by atoms with E-state index in [-0.39, 0.29) is 11.7 Å². The average Bonchev–Trinajstić information content (AvgIpc) is 3.07. The minimum absolute atomic E-state index is 0.0369. The van der Waals surface area contributed by atoms with E-state index >= 15 is 0 Å². The lowest BCUT2D eigenvalue weighted by molar-refractivity contribution is -0.121. The van der Waals surface area contributed by atoms with Gasteiger partial charge in [0.1, 0.15) is 0 Å². The topological polar surface area (TPSA) is 59.3 Å². The fourth-order valence-electron chi connectivity index (χ4n) is 1.63. The summed E-state index contributed by atoms with van der Waals surface area (Å²) in [7, 11) is 0. The van der Waals surface area contributed by atoms with E-state index in [4.69, 9.17) is 4.42 Å². The zero-order valence-electron chi connectivity index (χ0n) is 10.6. The monoisotopic (exact) mass is 277 g/mol. The Hall–Kier alpha value is -1.88. The number of hydrogen-bond acceptors (Lipinski definition) is 4. The molecule has 0 aromatic carbocycles. The number of thiophene rings is 1. The van der Waals surface area contributed by atoms with E-state index < -0.39 is 0 Å². The second-order valence-corrected chi connectivity index (χ2v) is 5.27. The van der Waals surface area contributed by atoms with Crippen molar-refractivity contribution in [2.45, 2.75) is 26.3 Å². The Morgan fingerprint density at radius 2 is 2.16 bits per heavy atom. The van der Waals surface area contributed by atoms with Gasteiger partial charge in [-0.25, -0.2) is 0 Å². The molecule has 19 heavy (non-hydrogen) atoms. The Balaban J connectivity index is 1.96. The molecule has 2 aromatic heterocycles. The summed E-state index contributed by atoms with van der Waals surface area (Å²) in [5.41, 5.74) is 0. The minimum Gasteiger partial charge on any atom is -0.461 e. The van der Waals surface area contributed by atoms with Gasteiger partial charge < -0.3 is 9.73 Å². The Bertz CT molecular complexity index is 557. The second kappa shape index (κ2) is 6.33. The van der Waals surface area contributed by atoms with Crippen molar-refractivity contribution in [3.05, 3.63) is 46.0 Å². The fraction of sp³-hybridized carbons (Fsp3) is 0.286. The summed E-state index contributed by atoms with van der Waals surface area (Å²) >= 11 is 1.38. The molecule has 0 aliphatic rings. The lowest BCUT2D eigenvalue weighted by atomic mass is 10.2. The maximum Gasteiger partial charge on any atom is 0.238 e. The summed E-state index contributed by atoms with van der Waals surface area (Å²) in [6, 6.07) is 6.95. The van der Waals surface area contributed by atoms with E-state index in [0.29, 0.717) is 23.6 Å². The third kappa shape index (κ3) is 3.54. The maximum absolute atomic E-state index is 12.0. The van der Waals surface area contributed by atoms with Crippen molar-refractivity contribution in [1.82, 2.24) is 5.32 Å². The molecule has 0 aliphatic heterocycles. The summed E-state index contributed by atoms with van der Waals surface area (Å²) in [5, 5.41) is 2.82. The SMILES string of the molecule is CCCC(=O)NCc1ccc(C(=O)c2ccco2)s1. The predicted octanol–water partition coefficient (Wildman–Crippen LogP) is 2.99. The first kappa shape index (κ1) is 13.5. The number of carbonyl (C=O) groups excluding carboxylic acids is 2. The number of furan rings is 1. The number of nitrogens with one attached hydrogen (secondary N) is 1. The first-order valence-electron chi connectivity index (χ1n) is 6.14. The third-order valence-electron chi connectivity index (χ3n) is 2.57. The quantitative estimate of drug-likeness (QED) is 0.826. The molecule has 0 unspecified atom stereocenters. The molecule has 2 heterocycles. The van der Waals surface area contributed by atoms with Gasteiger partial charge in [-0.05, 0) is 30.7 Å². The van der Waals surface area contributed by atoms with Crippen molar-refractivity contribution in [2.75, 3.05) is 0 Å². The summed E-state index contributed by atoms with van der Waals surface area (Å²) in [4.78, 5) is 24.9. The van der Waals surface area contributed by atoms with Gasteiger partial charge in [-0.15, -0.1) is 11.3 Å². The van der Waals surface area contributed by atoms with Crippen molar-refractivity contribution in [3.8, 4) is 0 Å². The highest BCUT2D eigenvalue weighted by Gasteiger charge is 2.14. The summed E-state index contributed by atoms with van der Waals surface area (Å²) in [5.74, 6) is 0.249. The molecule has 0 radical (unpaired) electrons. The zero-order chi connectivity index (χ0) is 13.7. The van der Waals surface area contributed by atoms with Gasteiger partial charge >= 0.3 is 0 Å². The standard InChI is InChI=1S/C14H15NO3S/c1-2-4-13(16)15-9-10-6-7-12(19-10)14(17)11-5-3-8-18-11/h3,5-8H,2,4,9H2,1H3,(H,15,16). The molecule has 0 saturated heterocycles. The highest BCUT2D eigenvalue weighted by atomic mass is 32.1. The van der Waals surface area contributed by atoms with Crippen LogP contribution in [0, 0.1) is 0 Å². The molecule has 1 N–H and O–H groups in total. The molecule has 0 fully saturated rings. The predicted molar refractivity (Wildman–Crippen MR) is 73.2 cm³/mol. The number of amides is 1. The first-order chi connectivity index (χ1) is 9.20. The van der Waals surface area contributed by atoms with E-state index in [1.165, 1.54) is 17.6 Å². The highest BCUT2D eigenvalue weighted by Crippen LogP contribution is 2.20. The highest BCUT2D eigenvalue weighted by molar-refractivity contribution is 7.14. The molecule has 0 saturated carbocycles. The van der Waals surface area contributed by atoms with E-state index in [0.717, 1.165) is 11.3 Å². The Labute approximate surface area is 115 Å². The Kier molecular flexibility index (Phi) is 4.52. The lowest BCUT2D eigenvalue weighted by Crippen LogP contribution is -2.21. The van der Waals surface area contributed by atoms with Crippen molar-refractivity contribution < 1.29 is 14.0 Å². The van der Waals surface area contributed by atoms with Crippen LogP contribution >= 0.6 is 11.3 Å². The van der Waals surface area contributed by atoms with Gasteiger partial charge in [0.05, 0.1) is 17.7 Å². The lowest BCUT2D eigenvalue weighted by Gasteiger charge is -2.01. The number of ketones is 1. The fourth-order valence-corrected chi connectivity index (χ4v) is 2.52. The van der Waals surface area contributed by atoms with Crippen molar-refractivity contribution >= 4 is 23.0 Å². The third-order valence-corrected chi connectivity index (χ3v) is 3.65. The van der Waals surface area contributed by atoms with E-state index in [1.807, 2.05) is 13.0 Å². The number of hydrogen-bond donors (Lipinski definition) is 1. The molecule has 2 aromatic rings. The van der Waals surface area contributed by atoms with Crippen LogP contribution in [0.25, 0.3) is 0 Å². The van der Waals surface area contributed by atoms with Crippen LogP contribution in [0.2, 0.25) is 0 Å². The normalized spacial score (nSPS) is 10.4.